The lowest BCUT2D eigenvalue weighted by Gasteiger charge is -2.09. The lowest BCUT2D eigenvalue weighted by Crippen LogP contribution is -2.18. The summed E-state index contributed by atoms with van der Waals surface area (Å²) in [4.78, 5) is 11.0. The Morgan fingerprint density at radius 2 is 1.85 bits per heavy atom. The van der Waals surface area contributed by atoms with Gasteiger partial charge in [-0.05, 0) is 36.2 Å². The molecule has 0 spiro atoms. The first kappa shape index (κ1) is 14.1. The maximum absolute atomic E-state index is 11.0. The molecule has 1 amide bonds. The molecule has 0 saturated heterocycles. The first-order valence-electron chi connectivity index (χ1n) is 6.59. The summed E-state index contributed by atoms with van der Waals surface area (Å²) in [5.41, 5.74) is 14.4. The lowest BCUT2D eigenvalue weighted by atomic mass is 10.1. The molecule has 4 heteroatoms. The largest absolute Gasteiger partial charge is 0.398 e. The van der Waals surface area contributed by atoms with Crippen molar-refractivity contribution in [1.29, 1.82) is 0 Å². The van der Waals surface area contributed by atoms with Crippen LogP contribution in [0.3, 0.4) is 0 Å². The number of carbonyl (C=O) groups excluding carboxylic acids is 1. The first-order valence-corrected chi connectivity index (χ1v) is 6.59. The Balaban J connectivity index is 1.84. The Morgan fingerprint density at radius 3 is 2.50 bits per heavy atom. The molecule has 0 aliphatic heterocycles. The SMILES string of the molecule is NC(=O)c1ccc(CNCCc2ccccc2)c(N)c1. The average Bonchev–Trinajstić information content (AvgIpc) is 2.46. The van der Waals surface area contributed by atoms with Crippen LogP contribution < -0.4 is 16.8 Å². The molecule has 20 heavy (non-hydrogen) atoms. The fourth-order valence-electron chi connectivity index (χ4n) is 2.01. The fourth-order valence-corrected chi connectivity index (χ4v) is 2.01. The highest BCUT2D eigenvalue weighted by molar-refractivity contribution is 5.93. The van der Waals surface area contributed by atoms with E-state index in [1.165, 1.54) is 5.56 Å². The highest BCUT2D eigenvalue weighted by atomic mass is 16.1. The molecular formula is C16H19N3O. The van der Waals surface area contributed by atoms with E-state index in [0.29, 0.717) is 17.8 Å². The number of hydrogen-bond acceptors (Lipinski definition) is 3. The molecule has 2 rings (SSSR count). The van der Waals surface area contributed by atoms with Crippen LogP contribution in [0.2, 0.25) is 0 Å². The van der Waals surface area contributed by atoms with E-state index in [4.69, 9.17) is 11.5 Å². The zero-order valence-electron chi connectivity index (χ0n) is 11.3. The van der Waals surface area contributed by atoms with Gasteiger partial charge in [-0.1, -0.05) is 36.4 Å². The molecule has 5 N–H and O–H groups in total. The van der Waals surface area contributed by atoms with Crippen molar-refractivity contribution in [2.24, 2.45) is 5.73 Å². The number of benzene rings is 2. The van der Waals surface area contributed by atoms with Crippen LogP contribution in [0.1, 0.15) is 21.5 Å². The number of anilines is 1. The Labute approximate surface area is 118 Å². The number of amides is 1. The zero-order valence-corrected chi connectivity index (χ0v) is 11.3. The van der Waals surface area contributed by atoms with Crippen LogP contribution in [0, 0.1) is 0 Å². The van der Waals surface area contributed by atoms with Crippen LogP contribution in [0.5, 0.6) is 0 Å². The normalized spacial score (nSPS) is 10.4. The monoisotopic (exact) mass is 269 g/mol. The Morgan fingerprint density at radius 1 is 1.10 bits per heavy atom. The van der Waals surface area contributed by atoms with Gasteiger partial charge >= 0.3 is 0 Å². The van der Waals surface area contributed by atoms with E-state index in [2.05, 4.69) is 17.4 Å². The van der Waals surface area contributed by atoms with Crippen molar-refractivity contribution < 1.29 is 4.79 Å². The van der Waals surface area contributed by atoms with Crippen molar-refractivity contribution in [1.82, 2.24) is 5.32 Å². The summed E-state index contributed by atoms with van der Waals surface area (Å²) in [6, 6.07) is 15.5. The molecule has 0 bridgehead atoms. The molecule has 0 fully saturated rings. The van der Waals surface area contributed by atoms with Gasteiger partial charge in [0.1, 0.15) is 0 Å². The molecule has 0 radical (unpaired) electrons. The summed E-state index contributed by atoms with van der Waals surface area (Å²) in [6.45, 7) is 1.55. The number of nitrogens with one attached hydrogen (secondary N) is 1. The minimum Gasteiger partial charge on any atom is -0.398 e. The summed E-state index contributed by atoms with van der Waals surface area (Å²) < 4.78 is 0. The molecule has 2 aromatic carbocycles. The van der Waals surface area contributed by atoms with Crippen LogP contribution >= 0.6 is 0 Å². The molecule has 4 nitrogen and oxygen atoms in total. The van der Waals surface area contributed by atoms with E-state index >= 15 is 0 Å². The fraction of sp³-hybridized carbons (Fsp3) is 0.188. The topological polar surface area (TPSA) is 81.1 Å². The molecule has 0 unspecified atom stereocenters. The van der Waals surface area contributed by atoms with E-state index in [-0.39, 0.29) is 0 Å². The molecule has 104 valence electrons. The van der Waals surface area contributed by atoms with Gasteiger partial charge in [0.15, 0.2) is 0 Å². The lowest BCUT2D eigenvalue weighted by molar-refractivity contribution is 0.100. The summed E-state index contributed by atoms with van der Waals surface area (Å²) in [6.07, 6.45) is 0.972. The van der Waals surface area contributed by atoms with Crippen LogP contribution in [-0.4, -0.2) is 12.5 Å². The molecule has 0 heterocycles. The number of nitrogen functional groups attached to an aromatic ring is 1. The number of nitrogens with two attached hydrogens (primary N) is 2. The Kier molecular flexibility index (Phi) is 4.74. The minimum absolute atomic E-state index is 0.440. The molecule has 2 aromatic rings. The summed E-state index contributed by atoms with van der Waals surface area (Å²) in [5.74, 6) is -0.458. The highest BCUT2D eigenvalue weighted by Gasteiger charge is 2.04. The third-order valence-electron chi connectivity index (χ3n) is 3.18. The minimum atomic E-state index is -0.458. The van der Waals surface area contributed by atoms with Gasteiger partial charge in [0.2, 0.25) is 5.91 Å². The Hall–Kier alpha value is -2.33. The van der Waals surface area contributed by atoms with E-state index in [1.54, 1.807) is 12.1 Å². The third kappa shape index (κ3) is 3.83. The van der Waals surface area contributed by atoms with Gasteiger partial charge in [0.05, 0.1) is 0 Å². The van der Waals surface area contributed by atoms with Gasteiger partial charge in [-0.25, -0.2) is 0 Å². The summed E-state index contributed by atoms with van der Waals surface area (Å²) in [7, 11) is 0. The molecular weight excluding hydrogens is 250 g/mol. The second-order valence-electron chi connectivity index (χ2n) is 4.69. The zero-order chi connectivity index (χ0) is 14.4. The standard InChI is InChI=1S/C16H19N3O/c17-15-10-13(16(18)20)6-7-14(15)11-19-9-8-12-4-2-1-3-5-12/h1-7,10,19H,8-9,11,17H2,(H2,18,20). The van der Waals surface area contributed by atoms with Crippen molar-refractivity contribution >= 4 is 11.6 Å². The predicted molar refractivity (Wildman–Crippen MR) is 81.2 cm³/mol. The molecule has 0 aliphatic carbocycles. The summed E-state index contributed by atoms with van der Waals surface area (Å²) in [5, 5.41) is 3.34. The molecule has 0 atom stereocenters. The van der Waals surface area contributed by atoms with Crippen LogP contribution in [0.15, 0.2) is 48.5 Å². The van der Waals surface area contributed by atoms with Gasteiger partial charge in [0.25, 0.3) is 0 Å². The van der Waals surface area contributed by atoms with Crippen molar-refractivity contribution in [2.75, 3.05) is 12.3 Å². The number of rotatable bonds is 6. The maximum atomic E-state index is 11.0. The summed E-state index contributed by atoms with van der Waals surface area (Å²) >= 11 is 0. The Bertz CT molecular complexity index is 582. The molecule has 0 saturated carbocycles. The average molecular weight is 269 g/mol. The van der Waals surface area contributed by atoms with Crippen molar-refractivity contribution in [3.05, 3.63) is 65.2 Å². The maximum Gasteiger partial charge on any atom is 0.248 e. The number of primary amides is 1. The van der Waals surface area contributed by atoms with Gasteiger partial charge in [-0.2, -0.15) is 0 Å². The second kappa shape index (κ2) is 6.73. The van der Waals surface area contributed by atoms with Crippen LogP contribution in [0.25, 0.3) is 0 Å². The van der Waals surface area contributed by atoms with Gasteiger partial charge in [-0.15, -0.1) is 0 Å². The van der Waals surface area contributed by atoms with E-state index in [1.807, 2.05) is 24.3 Å². The van der Waals surface area contributed by atoms with Crippen molar-refractivity contribution in [3.63, 3.8) is 0 Å². The van der Waals surface area contributed by atoms with Crippen LogP contribution in [-0.2, 0) is 13.0 Å². The highest BCUT2D eigenvalue weighted by Crippen LogP contribution is 2.13. The van der Waals surface area contributed by atoms with E-state index in [9.17, 15) is 4.79 Å². The van der Waals surface area contributed by atoms with Gasteiger partial charge < -0.3 is 16.8 Å². The van der Waals surface area contributed by atoms with Gasteiger partial charge in [0, 0.05) is 17.8 Å². The van der Waals surface area contributed by atoms with Gasteiger partial charge in [-0.3, -0.25) is 4.79 Å². The quantitative estimate of drug-likeness (QED) is 0.551. The van der Waals surface area contributed by atoms with E-state index < -0.39 is 5.91 Å². The third-order valence-corrected chi connectivity index (χ3v) is 3.18. The van der Waals surface area contributed by atoms with Crippen molar-refractivity contribution in [2.45, 2.75) is 13.0 Å². The predicted octanol–water partition coefficient (Wildman–Crippen LogP) is 1.70. The first-order chi connectivity index (χ1) is 9.66. The number of carbonyl (C=O) groups is 1. The van der Waals surface area contributed by atoms with E-state index in [0.717, 1.165) is 18.5 Å². The second-order valence-corrected chi connectivity index (χ2v) is 4.69. The van der Waals surface area contributed by atoms with Crippen molar-refractivity contribution in [3.8, 4) is 0 Å². The smallest absolute Gasteiger partial charge is 0.248 e. The number of hydrogen-bond donors (Lipinski definition) is 3. The molecule has 0 aliphatic rings. The molecule has 0 aromatic heterocycles. The van der Waals surface area contributed by atoms with Crippen LogP contribution in [0.4, 0.5) is 5.69 Å².